The SMILES string of the molecule is O=C(NCC[NH+]1CCOCC1)Nc1cccc2ccccc12. The summed E-state index contributed by atoms with van der Waals surface area (Å²) in [6, 6.07) is 13.8. The van der Waals surface area contributed by atoms with Crippen molar-refractivity contribution in [2.75, 3.05) is 44.7 Å². The first-order valence-electron chi connectivity index (χ1n) is 7.77. The molecule has 0 aromatic heterocycles. The van der Waals surface area contributed by atoms with Gasteiger partial charge in [-0.2, -0.15) is 0 Å². The van der Waals surface area contributed by atoms with Crippen LogP contribution in [0.5, 0.6) is 0 Å². The number of hydrogen-bond donors (Lipinski definition) is 3. The molecule has 1 heterocycles. The molecule has 3 rings (SSSR count). The molecular weight excluding hydrogens is 278 g/mol. The number of carbonyl (C=O) groups is 1. The molecule has 0 atom stereocenters. The van der Waals surface area contributed by atoms with Crippen LogP contribution in [0.15, 0.2) is 42.5 Å². The molecule has 1 aliphatic heterocycles. The molecule has 0 radical (unpaired) electrons. The Morgan fingerprint density at radius 1 is 1.09 bits per heavy atom. The summed E-state index contributed by atoms with van der Waals surface area (Å²) >= 11 is 0. The minimum absolute atomic E-state index is 0.149. The Bertz CT molecular complexity index is 633. The lowest BCUT2D eigenvalue weighted by atomic mass is 10.1. The van der Waals surface area contributed by atoms with Gasteiger partial charge in [0.15, 0.2) is 0 Å². The highest BCUT2D eigenvalue weighted by molar-refractivity contribution is 6.01. The summed E-state index contributed by atoms with van der Waals surface area (Å²) in [6.07, 6.45) is 0. The van der Waals surface area contributed by atoms with E-state index in [1.807, 2.05) is 42.5 Å². The van der Waals surface area contributed by atoms with Gasteiger partial charge in [-0.1, -0.05) is 36.4 Å². The zero-order valence-electron chi connectivity index (χ0n) is 12.6. The molecular formula is C17H22N3O2+. The summed E-state index contributed by atoms with van der Waals surface area (Å²) in [5, 5.41) is 8.05. The van der Waals surface area contributed by atoms with Crippen LogP contribution in [-0.4, -0.2) is 45.4 Å². The van der Waals surface area contributed by atoms with Crippen LogP contribution in [0.25, 0.3) is 10.8 Å². The van der Waals surface area contributed by atoms with E-state index in [1.165, 1.54) is 4.90 Å². The number of anilines is 1. The van der Waals surface area contributed by atoms with E-state index in [0.29, 0.717) is 6.54 Å². The van der Waals surface area contributed by atoms with Crippen molar-refractivity contribution in [2.45, 2.75) is 0 Å². The third kappa shape index (κ3) is 3.75. The highest BCUT2D eigenvalue weighted by Gasteiger charge is 2.13. The molecule has 0 saturated carbocycles. The molecule has 0 spiro atoms. The number of nitrogens with one attached hydrogen (secondary N) is 3. The van der Waals surface area contributed by atoms with Crippen LogP contribution in [-0.2, 0) is 4.74 Å². The second-order valence-corrected chi connectivity index (χ2v) is 5.52. The molecule has 1 saturated heterocycles. The number of urea groups is 1. The van der Waals surface area contributed by atoms with Crippen molar-refractivity contribution in [2.24, 2.45) is 0 Å². The average Bonchev–Trinajstić information content (AvgIpc) is 2.56. The molecule has 116 valence electrons. The molecule has 22 heavy (non-hydrogen) atoms. The smallest absolute Gasteiger partial charge is 0.319 e. The fourth-order valence-electron chi connectivity index (χ4n) is 2.76. The predicted octanol–water partition coefficient (Wildman–Crippen LogP) is 0.876. The predicted molar refractivity (Wildman–Crippen MR) is 87.4 cm³/mol. The van der Waals surface area contributed by atoms with Crippen molar-refractivity contribution < 1.29 is 14.4 Å². The maximum atomic E-state index is 12.0. The monoisotopic (exact) mass is 300 g/mol. The minimum Gasteiger partial charge on any atom is -0.370 e. The number of morpholine rings is 1. The zero-order chi connectivity index (χ0) is 15.2. The van der Waals surface area contributed by atoms with Gasteiger partial charge in [-0.25, -0.2) is 4.79 Å². The van der Waals surface area contributed by atoms with Gasteiger partial charge in [0, 0.05) is 5.39 Å². The summed E-state index contributed by atoms with van der Waals surface area (Å²) in [7, 11) is 0. The van der Waals surface area contributed by atoms with Gasteiger partial charge in [0.25, 0.3) is 0 Å². The van der Waals surface area contributed by atoms with Crippen molar-refractivity contribution in [3.63, 3.8) is 0 Å². The maximum absolute atomic E-state index is 12.0. The number of rotatable bonds is 4. The maximum Gasteiger partial charge on any atom is 0.319 e. The van der Waals surface area contributed by atoms with Crippen molar-refractivity contribution in [1.29, 1.82) is 0 Å². The topological polar surface area (TPSA) is 54.8 Å². The summed E-state index contributed by atoms with van der Waals surface area (Å²) in [6.45, 7) is 5.28. The van der Waals surface area contributed by atoms with E-state index in [2.05, 4.69) is 10.6 Å². The first-order chi connectivity index (χ1) is 10.8. The van der Waals surface area contributed by atoms with Crippen molar-refractivity contribution >= 4 is 22.5 Å². The number of fused-ring (bicyclic) bond motifs is 1. The largest absolute Gasteiger partial charge is 0.370 e. The van der Waals surface area contributed by atoms with Crippen molar-refractivity contribution in [3.05, 3.63) is 42.5 Å². The molecule has 5 nitrogen and oxygen atoms in total. The normalized spacial score (nSPS) is 15.6. The molecule has 2 amide bonds. The fraction of sp³-hybridized carbons (Fsp3) is 0.353. The zero-order valence-corrected chi connectivity index (χ0v) is 12.6. The summed E-state index contributed by atoms with van der Waals surface area (Å²) in [4.78, 5) is 13.5. The fourth-order valence-corrected chi connectivity index (χ4v) is 2.76. The number of hydrogen-bond acceptors (Lipinski definition) is 2. The lowest BCUT2D eigenvalue weighted by molar-refractivity contribution is -0.906. The summed E-state index contributed by atoms with van der Waals surface area (Å²) < 4.78 is 5.33. The summed E-state index contributed by atoms with van der Waals surface area (Å²) in [5.74, 6) is 0. The molecule has 1 fully saturated rings. The van der Waals surface area contributed by atoms with Crippen molar-refractivity contribution in [1.82, 2.24) is 5.32 Å². The third-order valence-electron chi connectivity index (χ3n) is 4.00. The minimum atomic E-state index is -0.149. The molecule has 0 unspecified atom stereocenters. The molecule has 1 aliphatic rings. The quantitative estimate of drug-likeness (QED) is 0.785. The number of quaternary nitrogens is 1. The Labute approximate surface area is 130 Å². The Balaban J connectivity index is 1.52. The van der Waals surface area contributed by atoms with E-state index in [1.54, 1.807) is 0 Å². The van der Waals surface area contributed by atoms with Gasteiger partial charge >= 0.3 is 6.03 Å². The molecule has 3 N–H and O–H groups in total. The van der Waals surface area contributed by atoms with Gasteiger partial charge < -0.3 is 20.3 Å². The second-order valence-electron chi connectivity index (χ2n) is 5.52. The van der Waals surface area contributed by atoms with Crippen LogP contribution in [0, 0.1) is 0 Å². The van der Waals surface area contributed by atoms with E-state index in [-0.39, 0.29) is 6.03 Å². The van der Waals surface area contributed by atoms with Crippen molar-refractivity contribution in [3.8, 4) is 0 Å². The van der Waals surface area contributed by atoms with E-state index in [0.717, 1.165) is 49.3 Å². The molecule has 0 bridgehead atoms. The lowest BCUT2D eigenvalue weighted by Gasteiger charge is -2.23. The van der Waals surface area contributed by atoms with E-state index < -0.39 is 0 Å². The van der Waals surface area contributed by atoms with Crippen LogP contribution in [0.4, 0.5) is 10.5 Å². The first-order valence-corrected chi connectivity index (χ1v) is 7.77. The average molecular weight is 300 g/mol. The van der Waals surface area contributed by atoms with E-state index in [4.69, 9.17) is 4.74 Å². The Kier molecular flexibility index (Phi) is 4.88. The van der Waals surface area contributed by atoms with Crippen LogP contribution in [0.2, 0.25) is 0 Å². The van der Waals surface area contributed by atoms with E-state index in [9.17, 15) is 4.79 Å². The number of amides is 2. The van der Waals surface area contributed by atoms with Gasteiger partial charge in [-0.15, -0.1) is 0 Å². The standard InChI is InChI=1S/C17H21N3O2/c21-17(18-8-9-20-10-12-22-13-11-20)19-16-7-3-5-14-4-1-2-6-15(14)16/h1-7H,8-13H2,(H2,18,19,21)/p+1. The van der Waals surface area contributed by atoms with Gasteiger partial charge in [0.1, 0.15) is 13.1 Å². The first kappa shape index (κ1) is 14.8. The molecule has 5 heteroatoms. The van der Waals surface area contributed by atoms with Crippen LogP contribution in [0.1, 0.15) is 0 Å². The van der Waals surface area contributed by atoms with Crippen LogP contribution < -0.4 is 15.5 Å². The lowest BCUT2D eigenvalue weighted by Crippen LogP contribution is -3.14. The van der Waals surface area contributed by atoms with Gasteiger partial charge in [0.05, 0.1) is 32.0 Å². The molecule has 2 aromatic rings. The molecule has 2 aromatic carbocycles. The number of benzene rings is 2. The Morgan fingerprint density at radius 3 is 2.73 bits per heavy atom. The summed E-state index contributed by atoms with van der Waals surface area (Å²) in [5.41, 5.74) is 0.842. The third-order valence-corrected chi connectivity index (χ3v) is 4.00. The van der Waals surface area contributed by atoms with Gasteiger partial charge in [-0.3, -0.25) is 0 Å². The van der Waals surface area contributed by atoms with Gasteiger partial charge in [-0.05, 0) is 11.5 Å². The van der Waals surface area contributed by atoms with Crippen LogP contribution >= 0.6 is 0 Å². The Hall–Kier alpha value is -2.11. The Morgan fingerprint density at radius 2 is 1.86 bits per heavy atom. The highest BCUT2D eigenvalue weighted by Crippen LogP contribution is 2.22. The number of carbonyl (C=O) groups excluding carboxylic acids is 1. The van der Waals surface area contributed by atoms with Gasteiger partial charge in [0.2, 0.25) is 0 Å². The van der Waals surface area contributed by atoms with E-state index >= 15 is 0 Å². The van der Waals surface area contributed by atoms with Crippen LogP contribution in [0.3, 0.4) is 0 Å². The number of ether oxygens (including phenoxy) is 1. The second kappa shape index (κ2) is 7.24. The highest BCUT2D eigenvalue weighted by atomic mass is 16.5. The molecule has 0 aliphatic carbocycles.